The van der Waals surface area contributed by atoms with Gasteiger partial charge in [0, 0.05) is 0 Å². The van der Waals surface area contributed by atoms with E-state index in [0.29, 0.717) is 12.8 Å². The van der Waals surface area contributed by atoms with Crippen molar-refractivity contribution in [2.24, 2.45) is 0 Å². The van der Waals surface area contributed by atoms with E-state index in [1.165, 1.54) is 127 Å². The second kappa shape index (κ2) is 26.1. The first-order valence-corrected chi connectivity index (χ1v) is 22.5. The first-order valence-electron chi connectivity index (χ1n) is 19.7. The zero-order valence-corrected chi connectivity index (χ0v) is 32.6. The molecule has 0 fully saturated rings. The Bertz CT molecular complexity index is 1180. The van der Waals surface area contributed by atoms with Gasteiger partial charge in [0.15, 0.2) is 0 Å². The van der Waals surface area contributed by atoms with Crippen LogP contribution in [-0.2, 0) is 32.7 Å². The zero-order chi connectivity index (χ0) is 35.5. The van der Waals surface area contributed by atoms with E-state index in [-0.39, 0.29) is 24.3 Å². The van der Waals surface area contributed by atoms with E-state index in [4.69, 9.17) is 8.37 Å². The predicted molar refractivity (Wildman–Crippen MR) is 206 cm³/mol. The zero-order valence-electron chi connectivity index (χ0n) is 30.9. The van der Waals surface area contributed by atoms with Crippen LogP contribution in [0.2, 0.25) is 0 Å². The minimum atomic E-state index is -4.74. The molecule has 49 heavy (non-hydrogen) atoms. The summed E-state index contributed by atoms with van der Waals surface area (Å²) in [6.07, 6.45) is 27.5. The van der Waals surface area contributed by atoms with Gasteiger partial charge in [-0.15, -0.1) is 0 Å². The standard InChI is InChI=1S/C41H68O6S2/c1-3-5-7-9-11-13-15-17-19-21-23-31-37-46-48(42,43)41(39-33-27-25-28-34-39,40-35-29-26-30-36-40)49(44,45)47-38-32-24-22-20-18-16-14-12-10-8-6-4-2/h25-30,33-36H,3-24,31-32,37-38H2,1-2H3. The van der Waals surface area contributed by atoms with Gasteiger partial charge in [0.1, 0.15) is 0 Å². The summed E-state index contributed by atoms with van der Waals surface area (Å²) in [6.45, 7) is 4.33. The van der Waals surface area contributed by atoms with Crippen molar-refractivity contribution < 1.29 is 25.2 Å². The van der Waals surface area contributed by atoms with Gasteiger partial charge < -0.3 is 0 Å². The van der Waals surface area contributed by atoms with Crippen LogP contribution < -0.4 is 0 Å². The first-order chi connectivity index (χ1) is 23.8. The normalized spacial score (nSPS) is 12.4. The lowest BCUT2D eigenvalue weighted by atomic mass is 10.0. The molecule has 8 heteroatoms. The first kappa shape index (κ1) is 43.4. The van der Waals surface area contributed by atoms with Crippen molar-refractivity contribution in [1.29, 1.82) is 0 Å². The Labute approximate surface area is 301 Å². The molecule has 2 rings (SSSR count). The van der Waals surface area contributed by atoms with Crippen LogP contribution in [-0.4, -0.2) is 30.0 Å². The van der Waals surface area contributed by atoms with Gasteiger partial charge in [-0.3, -0.25) is 8.37 Å². The van der Waals surface area contributed by atoms with Gasteiger partial charge in [0.2, 0.25) is 0 Å². The van der Waals surface area contributed by atoms with Gasteiger partial charge in [-0.2, -0.15) is 16.8 Å². The van der Waals surface area contributed by atoms with Crippen molar-refractivity contribution in [3.8, 4) is 0 Å². The third-order valence-corrected chi connectivity index (χ3v) is 14.0. The summed E-state index contributed by atoms with van der Waals surface area (Å²) in [5.74, 6) is 0. The lowest BCUT2D eigenvalue weighted by Gasteiger charge is -2.32. The van der Waals surface area contributed by atoms with Crippen LogP contribution in [0.1, 0.15) is 179 Å². The Morgan fingerprint density at radius 3 is 0.898 bits per heavy atom. The summed E-state index contributed by atoms with van der Waals surface area (Å²) in [7, 11) is -9.49. The van der Waals surface area contributed by atoms with Gasteiger partial charge in [0.05, 0.1) is 13.2 Å². The predicted octanol–water partition coefficient (Wildman–Crippen LogP) is 12.0. The van der Waals surface area contributed by atoms with Crippen LogP contribution in [0.25, 0.3) is 0 Å². The van der Waals surface area contributed by atoms with E-state index in [1.807, 2.05) is 0 Å². The fourth-order valence-electron chi connectivity index (χ4n) is 6.57. The Morgan fingerprint density at radius 1 is 0.388 bits per heavy atom. The molecule has 0 aliphatic carbocycles. The van der Waals surface area contributed by atoms with E-state index in [2.05, 4.69) is 13.8 Å². The summed E-state index contributed by atoms with van der Waals surface area (Å²) in [5, 5.41) is 0. The Hall–Kier alpha value is -1.74. The smallest absolute Gasteiger partial charge is 0.268 e. The van der Waals surface area contributed by atoms with E-state index < -0.39 is 24.3 Å². The number of unbranched alkanes of at least 4 members (excludes halogenated alkanes) is 22. The largest absolute Gasteiger partial charge is 0.299 e. The van der Waals surface area contributed by atoms with Crippen molar-refractivity contribution >= 4 is 20.2 Å². The molecule has 0 radical (unpaired) electrons. The minimum Gasteiger partial charge on any atom is -0.268 e. The van der Waals surface area contributed by atoms with Gasteiger partial charge in [-0.25, -0.2) is 0 Å². The van der Waals surface area contributed by atoms with Gasteiger partial charge >= 0.3 is 0 Å². The summed E-state index contributed by atoms with van der Waals surface area (Å²) >= 11 is 0. The van der Waals surface area contributed by atoms with Crippen LogP contribution >= 0.6 is 0 Å². The molecule has 2 aromatic carbocycles. The molecule has 0 saturated carbocycles. The molecule has 0 aliphatic rings. The van der Waals surface area contributed by atoms with E-state index >= 15 is 0 Å². The molecule has 280 valence electrons. The van der Waals surface area contributed by atoms with Crippen LogP contribution in [0.5, 0.6) is 0 Å². The lowest BCUT2D eigenvalue weighted by molar-refractivity contribution is 0.282. The average Bonchev–Trinajstić information content (AvgIpc) is 3.10. The van der Waals surface area contributed by atoms with Gasteiger partial charge in [0.25, 0.3) is 24.3 Å². The highest BCUT2D eigenvalue weighted by Crippen LogP contribution is 2.45. The number of rotatable bonds is 32. The molecule has 2 aromatic rings. The Kier molecular flexibility index (Phi) is 23.1. The van der Waals surface area contributed by atoms with Crippen LogP contribution in [0.3, 0.4) is 0 Å². The molecule has 0 saturated heterocycles. The highest BCUT2D eigenvalue weighted by molar-refractivity contribution is 8.05. The third kappa shape index (κ3) is 15.6. The minimum absolute atomic E-state index is 0.0740. The molecule has 0 bridgehead atoms. The summed E-state index contributed by atoms with van der Waals surface area (Å²) < 4.78 is 65.7. The second-order valence-corrected chi connectivity index (χ2v) is 17.5. The number of hydrogen-bond acceptors (Lipinski definition) is 6. The fourth-order valence-corrected chi connectivity index (χ4v) is 10.6. The Morgan fingerprint density at radius 2 is 0.633 bits per heavy atom. The molecule has 6 nitrogen and oxygen atoms in total. The monoisotopic (exact) mass is 720 g/mol. The van der Waals surface area contributed by atoms with Crippen molar-refractivity contribution in [2.75, 3.05) is 13.2 Å². The molecule has 0 aromatic heterocycles. The lowest BCUT2D eigenvalue weighted by Crippen LogP contribution is -2.46. The average molecular weight is 721 g/mol. The van der Waals surface area contributed by atoms with Crippen molar-refractivity contribution in [3.63, 3.8) is 0 Å². The summed E-state index contributed by atoms with van der Waals surface area (Å²) in [4.78, 5) is 0. The van der Waals surface area contributed by atoms with E-state index in [1.54, 1.807) is 36.4 Å². The molecular formula is C41H68O6S2. The van der Waals surface area contributed by atoms with Crippen LogP contribution in [0.15, 0.2) is 60.7 Å². The molecule has 0 unspecified atom stereocenters. The van der Waals surface area contributed by atoms with Crippen molar-refractivity contribution in [3.05, 3.63) is 71.8 Å². The maximum Gasteiger partial charge on any atom is 0.299 e. The van der Waals surface area contributed by atoms with Crippen LogP contribution in [0, 0.1) is 0 Å². The summed E-state index contributed by atoms with van der Waals surface area (Å²) in [5.41, 5.74) is 0.177. The molecule has 0 heterocycles. The molecule has 0 N–H and O–H groups in total. The van der Waals surface area contributed by atoms with Gasteiger partial charge in [-0.05, 0) is 24.0 Å². The molecule has 0 atom stereocenters. The van der Waals surface area contributed by atoms with E-state index in [0.717, 1.165) is 38.5 Å². The quantitative estimate of drug-likeness (QED) is 0.0552. The molecule has 0 spiro atoms. The summed E-state index contributed by atoms with van der Waals surface area (Å²) in [6, 6.07) is 16.2. The molecular weight excluding hydrogens is 653 g/mol. The third-order valence-electron chi connectivity index (χ3n) is 9.48. The SMILES string of the molecule is CCCCCCCCCCCCCCOS(=O)(=O)C(c1ccccc1)(c1ccccc1)S(=O)(=O)OCCCCCCCCCCCCCC. The van der Waals surface area contributed by atoms with Gasteiger partial charge in [-0.1, -0.05) is 216 Å². The van der Waals surface area contributed by atoms with Crippen molar-refractivity contribution in [2.45, 2.75) is 172 Å². The molecule has 0 aliphatic heterocycles. The second-order valence-electron chi connectivity index (χ2n) is 13.7. The highest BCUT2D eigenvalue weighted by Gasteiger charge is 2.60. The van der Waals surface area contributed by atoms with E-state index in [9.17, 15) is 16.8 Å². The highest BCUT2D eigenvalue weighted by atomic mass is 32.3. The molecule has 0 amide bonds. The number of benzene rings is 2. The maximum atomic E-state index is 14.3. The fraction of sp³-hybridized carbons (Fsp3) is 0.707. The van der Waals surface area contributed by atoms with Crippen molar-refractivity contribution in [1.82, 2.24) is 0 Å². The van der Waals surface area contributed by atoms with Crippen LogP contribution in [0.4, 0.5) is 0 Å². The topological polar surface area (TPSA) is 86.7 Å². The maximum absolute atomic E-state index is 14.3. The number of hydrogen-bond donors (Lipinski definition) is 0. The Balaban J connectivity index is 1.97.